The Kier molecular flexibility index (Phi) is 7.37. The Bertz CT molecular complexity index is 1360. The third-order valence-electron chi connectivity index (χ3n) is 7.01. The number of hydrogen-bond donors (Lipinski definition) is 0. The lowest BCUT2D eigenvalue weighted by atomic mass is 9.99. The van der Waals surface area contributed by atoms with Crippen molar-refractivity contribution in [3.63, 3.8) is 0 Å². The highest BCUT2D eigenvalue weighted by atomic mass is 35.5. The molecule has 4 aromatic rings. The summed E-state index contributed by atoms with van der Waals surface area (Å²) in [5.74, 6) is -0.334. The summed E-state index contributed by atoms with van der Waals surface area (Å²) >= 11 is 6.09. The summed E-state index contributed by atoms with van der Waals surface area (Å²) in [6.45, 7) is 6.41. The smallest absolute Gasteiger partial charge is 0.338 e. The molecule has 7 heteroatoms. The van der Waals surface area contributed by atoms with Gasteiger partial charge in [0.15, 0.2) is 0 Å². The maximum Gasteiger partial charge on any atom is 0.338 e. The number of halogens is 1. The zero-order valence-corrected chi connectivity index (χ0v) is 21.5. The molecule has 2 aromatic heterocycles. The van der Waals surface area contributed by atoms with Crippen LogP contribution in [0.1, 0.15) is 16.8 Å². The van der Waals surface area contributed by atoms with Gasteiger partial charge < -0.3 is 19.1 Å². The van der Waals surface area contributed by atoms with Crippen molar-refractivity contribution in [1.82, 2.24) is 19.4 Å². The first kappa shape index (κ1) is 24.5. The van der Waals surface area contributed by atoms with Crippen LogP contribution in [0.4, 0.5) is 0 Å². The number of aryl methyl sites for hydroxylation is 1. The molecule has 36 heavy (non-hydrogen) atoms. The Hall–Kier alpha value is -3.19. The number of esters is 1. The largest absolute Gasteiger partial charge is 0.465 e. The number of rotatable bonds is 7. The van der Waals surface area contributed by atoms with Gasteiger partial charge in [0.05, 0.1) is 12.7 Å². The fraction of sp³-hybridized carbons (Fsp3) is 0.310. The van der Waals surface area contributed by atoms with Gasteiger partial charge in [-0.25, -0.2) is 4.79 Å². The minimum Gasteiger partial charge on any atom is -0.465 e. The van der Waals surface area contributed by atoms with Crippen molar-refractivity contribution < 1.29 is 9.53 Å². The summed E-state index contributed by atoms with van der Waals surface area (Å²) in [4.78, 5) is 22.2. The van der Waals surface area contributed by atoms with Gasteiger partial charge in [-0.1, -0.05) is 29.8 Å². The average Bonchev–Trinajstić information content (AvgIpc) is 3.29. The molecule has 0 atom stereocenters. The molecule has 1 saturated heterocycles. The molecular formula is C29H31ClN4O2. The van der Waals surface area contributed by atoms with Gasteiger partial charge >= 0.3 is 5.97 Å². The van der Waals surface area contributed by atoms with Gasteiger partial charge in [0.25, 0.3) is 0 Å². The van der Waals surface area contributed by atoms with Gasteiger partial charge in [-0.15, -0.1) is 0 Å². The van der Waals surface area contributed by atoms with Crippen LogP contribution in [0.5, 0.6) is 0 Å². The average molecular weight is 503 g/mol. The molecule has 0 amide bonds. The van der Waals surface area contributed by atoms with Crippen LogP contribution in [0.15, 0.2) is 67.1 Å². The lowest BCUT2D eigenvalue weighted by molar-refractivity contribution is 0.0603. The summed E-state index contributed by atoms with van der Waals surface area (Å²) in [5.41, 5.74) is 5.58. The van der Waals surface area contributed by atoms with Crippen LogP contribution in [0.2, 0.25) is 5.02 Å². The Labute approximate surface area is 217 Å². The maximum atomic E-state index is 12.7. The first-order chi connectivity index (χ1) is 17.5. The number of methoxy groups -OCH3 is 1. The second-order valence-electron chi connectivity index (χ2n) is 9.40. The van der Waals surface area contributed by atoms with Crippen LogP contribution in [-0.4, -0.2) is 72.2 Å². The van der Waals surface area contributed by atoms with E-state index in [1.165, 1.54) is 7.11 Å². The predicted octanol–water partition coefficient (Wildman–Crippen LogP) is 5.45. The molecule has 0 saturated carbocycles. The second-order valence-corrected chi connectivity index (χ2v) is 9.83. The number of pyridine rings is 1. The Morgan fingerprint density at radius 1 is 0.972 bits per heavy atom. The van der Waals surface area contributed by atoms with Crippen LogP contribution in [0, 0.1) is 0 Å². The molecule has 0 unspecified atom stereocenters. The zero-order valence-electron chi connectivity index (χ0n) is 20.8. The normalized spacial score (nSPS) is 14.9. The summed E-state index contributed by atoms with van der Waals surface area (Å²) in [6.07, 6.45) is 6.90. The van der Waals surface area contributed by atoms with Crippen LogP contribution in [0.25, 0.3) is 33.2 Å². The molecule has 0 bridgehead atoms. The van der Waals surface area contributed by atoms with Crippen molar-refractivity contribution in [2.75, 3.05) is 46.9 Å². The molecular weight excluding hydrogens is 472 g/mol. The standard InChI is InChI=1S/C29H31ClN4O2/c1-32-13-15-33(16-14-32)11-4-12-34-20-26(28-25(29(35)36-2)5-3-6-27(28)34)23-17-22(18-31-19-23)21-7-9-24(30)10-8-21/h3,5-10,17-20H,4,11-16H2,1-2H3. The van der Waals surface area contributed by atoms with Gasteiger partial charge in [-0.05, 0) is 55.9 Å². The fourth-order valence-corrected chi connectivity index (χ4v) is 5.09. The molecule has 5 rings (SSSR count). The quantitative estimate of drug-likeness (QED) is 0.315. The third kappa shape index (κ3) is 5.16. The molecule has 3 heterocycles. The number of piperazine rings is 1. The first-order valence-corrected chi connectivity index (χ1v) is 12.7. The number of likely N-dealkylation sites (N-methyl/N-ethyl adjacent to an activating group) is 1. The summed E-state index contributed by atoms with van der Waals surface area (Å²) in [5, 5.41) is 1.60. The Morgan fingerprint density at radius 3 is 2.47 bits per heavy atom. The molecule has 1 aliphatic heterocycles. The summed E-state index contributed by atoms with van der Waals surface area (Å²) < 4.78 is 7.40. The van der Waals surface area contributed by atoms with E-state index in [4.69, 9.17) is 16.3 Å². The van der Waals surface area contributed by atoms with Crippen molar-refractivity contribution in [2.24, 2.45) is 0 Å². The molecule has 0 aliphatic carbocycles. The van der Waals surface area contributed by atoms with E-state index in [-0.39, 0.29) is 5.97 Å². The molecule has 1 aliphatic rings. The van der Waals surface area contributed by atoms with E-state index >= 15 is 0 Å². The molecule has 1 fully saturated rings. The van der Waals surface area contributed by atoms with Gasteiger partial charge in [-0.2, -0.15) is 0 Å². The van der Waals surface area contributed by atoms with Gasteiger partial charge in [0, 0.05) is 83.9 Å². The molecule has 0 spiro atoms. The number of ether oxygens (including phenoxy) is 1. The highest BCUT2D eigenvalue weighted by molar-refractivity contribution is 6.30. The lowest BCUT2D eigenvalue weighted by Crippen LogP contribution is -2.44. The number of aromatic nitrogens is 2. The molecule has 6 nitrogen and oxygen atoms in total. The topological polar surface area (TPSA) is 50.6 Å². The van der Waals surface area contributed by atoms with E-state index in [0.717, 1.165) is 78.8 Å². The summed E-state index contributed by atoms with van der Waals surface area (Å²) in [7, 11) is 3.61. The highest BCUT2D eigenvalue weighted by Gasteiger charge is 2.20. The summed E-state index contributed by atoms with van der Waals surface area (Å²) in [6, 6.07) is 15.7. The van der Waals surface area contributed by atoms with Crippen molar-refractivity contribution in [2.45, 2.75) is 13.0 Å². The third-order valence-corrected chi connectivity index (χ3v) is 7.26. The maximum absolute atomic E-state index is 12.7. The van der Waals surface area contributed by atoms with Crippen molar-refractivity contribution >= 4 is 28.5 Å². The van der Waals surface area contributed by atoms with Crippen molar-refractivity contribution in [3.05, 3.63) is 77.7 Å². The van der Waals surface area contributed by atoms with E-state index < -0.39 is 0 Å². The number of carbonyl (C=O) groups is 1. The number of fused-ring (bicyclic) bond motifs is 1. The molecule has 0 N–H and O–H groups in total. The minimum atomic E-state index is -0.334. The number of nitrogens with zero attached hydrogens (tertiary/aromatic N) is 4. The van der Waals surface area contributed by atoms with E-state index in [0.29, 0.717) is 10.6 Å². The van der Waals surface area contributed by atoms with Gasteiger partial charge in [-0.3, -0.25) is 4.98 Å². The van der Waals surface area contributed by atoms with Crippen LogP contribution in [0.3, 0.4) is 0 Å². The van der Waals surface area contributed by atoms with Crippen molar-refractivity contribution in [1.29, 1.82) is 0 Å². The molecule has 0 radical (unpaired) electrons. The fourth-order valence-electron chi connectivity index (χ4n) is 4.96. The van der Waals surface area contributed by atoms with E-state index in [1.54, 1.807) is 0 Å². The van der Waals surface area contributed by atoms with Gasteiger partial charge in [0.1, 0.15) is 0 Å². The minimum absolute atomic E-state index is 0.334. The second kappa shape index (κ2) is 10.8. The first-order valence-electron chi connectivity index (χ1n) is 12.4. The van der Waals surface area contributed by atoms with Gasteiger partial charge in [0.2, 0.25) is 0 Å². The Balaban J connectivity index is 1.50. The predicted molar refractivity (Wildman–Crippen MR) is 146 cm³/mol. The van der Waals surface area contributed by atoms with E-state index in [9.17, 15) is 4.79 Å². The monoisotopic (exact) mass is 502 g/mol. The van der Waals surface area contributed by atoms with E-state index in [2.05, 4.69) is 44.7 Å². The van der Waals surface area contributed by atoms with E-state index in [1.807, 2.05) is 48.8 Å². The molecule has 2 aromatic carbocycles. The van der Waals surface area contributed by atoms with Crippen molar-refractivity contribution in [3.8, 4) is 22.3 Å². The number of benzene rings is 2. The highest BCUT2D eigenvalue weighted by Crippen LogP contribution is 2.35. The lowest BCUT2D eigenvalue weighted by Gasteiger charge is -2.32. The number of carbonyl (C=O) groups excluding carboxylic acids is 1. The zero-order chi connectivity index (χ0) is 25.1. The van der Waals surface area contributed by atoms with Crippen LogP contribution in [-0.2, 0) is 11.3 Å². The molecule has 186 valence electrons. The SMILES string of the molecule is COC(=O)c1cccc2c1c(-c1cncc(-c3ccc(Cl)cc3)c1)cn2CCCN1CCN(C)CC1. The van der Waals surface area contributed by atoms with Crippen LogP contribution < -0.4 is 0 Å². The Morgan fingerprint density at radius 2 is 1.72 bits per heavy atom. The number of hydrogen-bond acceptors (Lipinski definition) is 5. The van der Waals surface area contributed by atoms with Crippen LogP contribution >= 0.6 is 11.6 Å².